The van der Waals surface area contributed by atoms with Crippen LogP contribution in [0.2, 0.25) is 5.02 Å². The molecule has 1 saturated carbocycles. The lowest BCUT2D eigenvalue weighted by Gasteiger charge is -2.48. The lowest BCUT2D eigenvalue weighted by atomic mass is 9.68. The van der Waals surface area contributed by atoms with Gasteiger partial charge in [0.1, 0.15) is 5.75 Å². The van der Waals surface area contributed by atoms with Gasteiger partial charge < -0.3 is 19.7 Å². The third-order valence-electron chi connectivity index (χ3n) is 9.55. The second-order valence-corrected chi connectivity index (χ2v) is 12.5. The van der Waals surface area contributed by atoms with E-state index in [9.17, 15) is 14.4 Å². The third-order valence-corrected chi connectivity index (χ3v) is 9.86. The Hall–Kier alpha value is -2.90. The molecular formula is C33H41ClN2O5. The van der Waals surface area contributed by atoms with E-state index in [0.29, 0.717) is 49.2 Å². The summed E-state index contributed by atoms with van der Waals surface area (Å²) >= 11 is 6.26. The summed E-state index contributed by atoms with van der Waals surface area (Å²) in [4.78, 5) is 40.2. The molecule has 3 heterocycles. The predicted octanol–water partition coefficient (Wildman–Crippen LogP) is 6.35. The van der Waals surface area contributed by atoms with Crippen LogP contribution < -0.4 is 10.1 Å². The van der Waals surface area contributed by atoms with Crippen molar-refractivity contribution >= 4 is 35.5 Å². The van der Waals surface area contributed by atoms with Gasteiger partial charge in [0.25, 0.3) is 0 Å². The van der Waals surface area contributed by atoms with Gasteiger partial charge in [0, 0.05) is 17.9 Å². The summed E-state index contributed by atoms with van der Waals surface area (Å²) in [5.41, 5.74) is 2.48. The number of rotatable bonds is 11. The summed E-state index contributed by atoms with van der Waals surface area (Å²) in [6.45, 7) is 3.91. The molecule has 220 valence electrons. The Morgan fingerprint density at radius 3 is 2.44 bits per heavy atom. The maximum absolute atomic E-state index is 13.8. The van der Waals surface area contributed by atoms with Crippen LogP contribution in [0, 0.1) is 5.41 Å². The molecule has 3 saturated heterocycles. The molecule has 2 aromatic rings. The number of anilines is 1. The van der Waals surface area contributed by atoms with Crippen molar-refractivity contribution in [3.8, 4) is 5.75 Å². The summed E-state index contributed by atoms with van der Waals surface area (Å²) < 4.78 is 11.4. The second kappa shape index (κ2) is 13.0. The first-order valence-electron chi connectivity index (χ1n) is 15.0. The topological polar surface area (TPSA) is 84.9 Å². The molecular weight excluding hydrogens is 540 g/mol. The number of esters is 1. The Morgan fingerprint density at radius 2 is 1.76 bits per heavy atom. The van der Waals surface area contributed by atoms with Crippen molar-refractivity contribution < 1.29 is 23.9 Å². The molecule has 41 heavy (non-hydrogen) atoms. The Kier molecular flexibility index (Phi) is 9.35. The highest BCUT2D eigenvalue weighted by molar-refractivity contribution is 6.34. The van der Waals surface area contributed by atoms with E-state index in [4.69, 9.17) is 21.1 Å². The Bertz CT molecular complexity index is 1250. The molecule has 4 fully saturated rings. The number of hydrogen-bond acceptors (Lipinski definition) is 6. The average Bonchev–Trinajstić information content (AvgIpc) is 3.02. The Morgan fingerprint density at radius 1 is 1.02 bits per heavy atom. The smallest absolute Gasteiger partial charge is 0.316 e. The molecule has 7 nitrogen and oxygen atoms in total. The summed E-state index contributed by atoms with van der Waals surface area (Å²) in [6.07, 6.45) is 10.6. The van der Waals surface area contributed by atoms with Gasteiger partial charge in [-0.15, -0.1) is 0 Å². The highest BCUT2D eigenvalue weighted by Crippen LogP contribution is 2.44. The van der Waals surface area contributed by atoms with Crippen molar-refractivity contribution in [2.75, 3.05) is 38.7 Å². The molecule has 8 heteroatoms. The van der Waals surface area contributed by atoms with E-state index in [1.165, 1.54) is 13.2 Å². The molecule has 4 aliphatic rings. The molecule has 0 atom stereocenters. The van der Waals surface area contributed by atoms with E-state index in [2.05, 4.69) is 28.4 Å². The van der Waals surface area contributed by atoms with E-state index >= 15 is 0 Å². The first-order chi connectivity index (χ1) is 19.9. The van der Waals surface area contributed by atoms with Crippen LogP contribution in [0.1, 0.15) is 85.7 Å². The molecule has 6 rings (SSSR count). The number of methoxy groups -OCH3 is 1. The van der Waals surface area contributed by atoms with Gasteiger partial charge in [-0.3, -0.25) is 14.4 Å². The monoisotopic (exact) mass is 580 g/mol. The fourth-order valence-corrected chi connectivity index (χ4v) is 7.08. The second-order valence-electron chi connectivity index (χ2n) is 12.1. The number of ether oxygens (including phenoxy) is 2. The SMILES string of the molecule is COc1cc(NC(=O)CCCc2cccc(C3(C(=O)OCC45CCN(CC4)CC5)CCCCC3)c2)c(Cl)cc1C=O. The third kappa shape index (κ3) is 6.62. The van der Waals surface area contributed by atoms with Crippen molar-refractivity contribution in [2.45, 2.75) is 76.0 Å². The van der Waals surface area contributed by atoms with Crippen LogP contribution in [0.5, 0.6) is 5.75 Å². The normalized spacial score (nSPS) is 23.0. The van der Waals surface area contributed by atoms with Crippen molar-refractivity contribution in [2.24, 2.45) is 5.41 Å². The molecule has 0 radical (unpaired) electrons. The number of nitrogens with zero attached hydrogens (tertiary/aromatic N) is 1. The van der Waals surface area contributed by atoms with E-state index < -0.39 is 5.41 Å². The van der Waals surface area contributed by atoms with Gasteiger partial charge in [0.05, 0.1) is 35.4 Å². The quantitative estimate of drug-likeness (QED) is 0.246. The zero-order valence-corrected chi connectivity index (χ0v) is 24.8. The molecule has 0 unspecified atom stereocenters. The number of piperidine rings is 3. The van der Waals surface area contributed by atoms with Gasteiger partial charge in [-0.2, -0.15) is 0 Å². The van der Waals surface area contributed by atoms with Gasteiger partial charge in [0.2, 0.25) is 5.91 Å². The first-order valence-corrected chi connectivity index (χ1v) is 15.4. The molecule has 0 spiro atoms. The minimum atomic E-state index is -0.582. The lowest BCUT2D eigenvalue weighted by Crippen LogP contribution is -2.51. The van der Waals surface area contributed by atoms with Gasteiger partial charge in [0.15, 0.2) is 6.29 Å². The van der Waals surface area contributed by atoms with Crippen LogP contribution in [-0.4, -0.2) is 56.4 Å². The van der Waals surface area contributed by atoms with E-state index in [-0.39, 0.29) is 22.3 Å². The summed E-state index contributed by atoms with van der Waals surface area (Å²) in [5.74, 6) is 0.142. The Balaban J connectivity index is 1.20. The largest absolute Gasteiger partial charge is 0.496 e. The number of benzene rings is 2. The van der Waals surface area contributed by atoms with Gasteiger partial charge in [-0.25, -0.2) is 0 Å². The predicted molar refractivity (Wildman–Crippen MR) is 160 cm³/mol. The standard InChI is InChI=1S/C33H41ClN2O5/c1-40-29-21-28(27(34)20-25(29)22-37)35-30(38)10-6-8-24-7-5-9-26(19-24)33(11-3-2-4-12-33)31(39)41-23-32-13-16-36(17-14-32)18-15-32/h5,7,9,19-22H,2-4,6,8,10-18,23H2,1H3,(H,35,38). The van der Waals surface area contributed by atoms with Crippen LogP contribution in [-0.2, 0) is 26.2 Å². The van der Waals surface area contributed by atoms with E-state index in [1.54, 1.807) is 6.07 Å². The molecule has 2 bridgehead atoms. The minimum Gasteiger partial charge on any atom is -0.496 e. The molecule has 1 aliphatic carbocycles. The maximum atomic E-state index is 13.8. The number of fused-ring (bicyclic) bond motifs is 3. The fraction of sp³-hybridized carbons (Fsp3) is 0.545. The van der Waals surface area contributed by atoms with E-state index in [1.807, 2.05) is 6.07 Å². The van der Waals surface area contributed by atoms with Crippen LogP contribution in [0.4, 0.5) is 5.69 Å². The zero-order valence-electron chi connectivity index (χ0n) is 24.0. The number of hydrogen-bond donors (Lipinski definition) is 1. The van der Waals surface area contributed by atoms with Gasteiger partial charge >= 0.3 is 5.97 Å². The van der Waals surface area contributed by atoms with E-state index in [0.717, 1.165) is 82.1 Å². The summed E-state index contributed by atoms with van der Waals surface area (Å²) in [6, 6.07) is 11.4. The van der Waals surface area contributed by atoms with Gasteiger partial charge in [-0.1, -0.05) is 55.1 Å². The number of aryl methyl sites for hydroxylation is 1. The number of carbonyl (C=O) groups is 3. The number of halogens is 1. The maximum Gasteiger partial charge on any atom is 0.316 e. The fourth-order valence-electron chi connectivity index (χ4n) is 6.86. The first kappa shape index (κ1) is 29.6. The van der Waals surface area contributed by atoms with Crippen molar-refractivity contribution in [3.63, 3.8) is 0 Å². The number of amides is 1. The average molecular weight is 581 g/mol. The lowest BCUT2D eigenvalue weighted by molar-refractivity contribution is -0.159. The highest BCUT2D eigenvalue weighted by Gasteiger charge is 2.45. The van der Waals surface area contributed by atoms with Crippen LogP contribution in [0.3, 0.4) is 0 Å². The van der Waals surface area contributed by atoms with Crippen molar-refractivity contribution in [1.82, 2.24) is 4.90 Å². The molecule has 1 N–H and O–H groups in total. The Labute approximate surface area is 247 Å². The highest BCUT2D eigenvalue weighted by atomic mass is 35.5. The number of nitrogens with one attached hydrogen (secondary N) is 1. The zero-order chi connectivity index (χ0) is 28.9. The summed E-state index contributed by atoms with van der Waals surface area (Å²) in [7, 11) is 1.46. The van der Waals surface area contributed by atoms with Crippen LogP contribution in [0.25, 0.3) is 0 Å². The molecule has 0 aromatic heterocycles. The molecule has 3 aliphatic heterocycles. The van der Waals surface area contributed by atoms with Gasteiger partial charge in [-0.05, 0) is 81.8 Å². The summed E-state index contributed by atoms with van der Waals surface area (Å²) in [5, 5.41) is 3.11. The van der Waals surface area contributed by atoms with Crippen molar-refractivity contribution in [1.29, 1.82) is 0 Å². The molecule has 1 amide bonds. The van der Waals surface area contributed by atoms with Crippen LogP contribution >= 0.6 is 11.6 Å². The molecule has 2 aromatic carbocycles. The number of carbonyl (C=O) groups excluding carboxylic acids is 3. The van der Waals surface area contributed by atoms with Crippen LogP contribution in [0.15, 0.2) is 36.4 Å². The number of aldehydes is 1. The van der Waals surface area contributed by atoms with Crippen molar-refractivity contribution in [3.05, 3.63) is 58.1 Å². The minimum absolute atomic E-state index is 0.0518.